The van der Waals surface area contributed by atoms with Gasteiger partial charge >= 0.3 is 0 Å². The summed E-state index contributed by atoms with van der Waals surface area (Å²) in [4.78, 5) is 4.76. The maximum absolute atomic E-state index is 5.46. The van der Waals surface area contributed by atoms with Gasteiger partial charge in [0.15, 0.2) is 0 Å². The van der Waals surface area contributed by atoms with Crippen molar-refractivity contribution >= 4 is 35.7 Å². The maximum atomic E-state index is 5.46. The number of benzene rings is 2. The highest BCUT2D eigenvalue weighted by Gasteiger charge is 2.12. The van der Waals surface area contributed by atoms with Crippen LogP contribution >= 0.6 is 0 Å². The second-order valence-corrected chi connectivity index (χ2v) is 8.98. The monoisotopic (exact) mass is 468 g/mol. The van der Waals surface area contributed by atoms with Crippen molar-refractivity contribution in [2.24, 2.45) is 7.05 Å². The fourth-order valence-electron chi connectivity index (χ4n) is 4.55. The number of hydrogen-bond donors (Lipinski definition) is 0. The Bertz CT molecular complexity index is 1070. The van der Waals surface area contributed by atoms with Gasteiger partial charge in [-0.25, -0.2) is 0 Å². The molecule has 2 aliphatic heterocycles. The Morgan fingerprint density at radius 3 is 1.37 bits per heavy atom. The molecule has 5 heteroatoms. The van der Waals surface area contributed by atoms with E-state index < -0.39 is 0 Å². The minimum Gasteiger partial charge on any atom is -0.378 e. The lowest BCUT2D eigenvalue weighted by atomic mass is 10.1. The molecule has 3 aromatic rings. The predicted octanol–water partition coefficient (Wildman–Crippen LogP) is 4.53. The fraction of sp³-hybridized carbons (Fsp3) is 0.300. The first-order chi connectivity index (χ1) is 17.3. The maximum Gasteiger partial charge on any atom is 0.205 e. The summed E-state index contributed by atoms with van der Waals surface area (Å²) in [5.41, 5.74) is 7.24. The smallest absolute Gasteiger partial charge is 0.205 e. The molecule has 180 valence electrons. The molecule has 2 saturated heterocycles. The van der Waals surface area contributed by atoms with Gasteiger partial charge in [0, 0.05) is 61.8 Å². The van der Waals surface area contributed by atoms with Crippen LogP contribution in [0.15, 0.2) is 66.7 Å². The quantitative estimate of drug-likeness (QED) is 0.497. The van der Waals surface area contributed by atoms with Crippen molar-refractivity contribution in [3.8, 4) is 0 Å². The summed E-state index contributed by atoms with van der Waals surface area (Å²) in [7, 11) is 2.11. The van der Waals surface area contributed by atoms with Gasteiger partial charge in [0.25, 0.3) is 0 Å². The molecule has 5 nitrogen and oxygen atoms in total. The molecular formula is C30H34N3O2+. The lowest BCUT2D eigenvalue weighted by Gasteiger charge is -2.28. The third kappa shape index (κ3) is 5.99. The van der Waals surface area contributed by atoms with Gasteiger partial charge in [-0.3, -0.25) is 0 Å². The van der Waals surface area contributed by atoms with E-state index in [0.29, 0.717) is 0 Å². The zero-order valence-electron chi connectivity index (χ0n) is 20.5. The Morgan fingerprint density at radius 2 is 0.971 bits per heavy atom. The van der Waals surface area contributed by atoms with Crippen molar-refractivity contribution in [2.75, 3.05) is 62.4 Å². The number of nitrogens with zero attached hydrogens (tertiary/aromatic N) is 3. The first kappa shape index (κ1) is 23.3. The van der Waals surface area contributed by atoms with Gasteiger partial charge in [-0.15, -0.1) is 0 Å². The van der Waals surface area contributed by atoms with E-state index in [1.807, 2.05) is 0 Å². The third-order valence-corrected chi connectivity index (χ3v) is 6.74. The number of morpholine rings is 2. The van der Waals surface area contributed by atoms with Crippen molar-refractivity contribution in [3.63, 3.8) is 0 Å². The van der Waals surface area contributed by atoms with Crippen molar-refractivity contribution in [2.45, 2.75) is 0 Å². The normalized spacial score (nSPS) is 16.9. The minimum atomic E-state index is 0.808. The highest BCUT2D eigenvalue weighted by Crippen LogP contribution is 2.19. The van der Waals surface area contributed by atoms with E-state index in [0.717, 1.165) is 64.0 Å². The van der Waals surface area contributed by atoms with E-state index in [4.69, 9.17) is 9.47 Å². The van der Waals surface area contributed by atoms with E-state index in [1.54, 1.807) is 0 Å². The molecule has 0 spiro atoms. The summed E-state index contributed by atoms with van der Waals surface area (Å²) in [6, 6.07) is 24.0. The van der Waals surface area contributed by atoms with Crippen LogP contribution in [0.25, 0.3) is 24.3 Å². The van der Waals surface area contributed by atoms with Crippen LogP contribution in [0.1, 0.15) is 22.5 Å². The summed E-state index contributed by atoms with van der Waals surface area (Å²) in [5, 5.41) is 0. The van der Waals surface area contributed by atoms with Gasteiger partial charge in [0.05, 0.1) is 26.4 Å². The lowest BCUT2D eigenvalue weighted by molar-refractivity contribution is -0.675. The van der Waals surface area contributed by atoms with Crippen molar-refractivity contribution < 1.29 is 14.0 Å². The number of anilines is 2. The predicted molar refractivity (Wildman–Crippen MR) is 144 cm³/mol. The summed E-state index contributed by atoms with van der Waals surface area (Å²) >= 11 is 0. The Kier molecular flexibility index (Phi) is 7.56. The number of pyridine rings is 1. The molecule has 5 rings (SSSR count). The molecular weight excluding hydrogens is 434 g/mol. The van der Waals surface area contributed by atoms with Crippen molar-refractivity contribution in [1.82, 2.24) is 0 Å². The number of rotatable bonds is 6. The topological polar surface area (TPSA) is 28.8 Å². The van der Waals surface area contributed by atoms with Gasteiger partial charge in [0.1, 0.15) is 7.05 Å². The molecule has 3 heterocycles. The van der Waals surface area contributed by atoms with E-state index in [1.165, 1.54) is 22.5 Å². The average molecular weight is 469 g/mol. The molecule has 1 aromatic heterocycles. The number of aromatic nitrogens is 1. The van der Waals surface area contributed by atoms with Gasteiger partial charge in [-0.05, 0) is 53.6 Å². The molecule has 2 aromatic carbocycles. The van der Waals surface area contributed by atoms with Gasteiger partial charge < -0.3 is 19.3 Å². The van der Waals surface area contributed by atoms with E-state index in [9.17, 15) is 0 Å². The molecule has 35 heavy (non-hydrogen) atoms. The highest BCUT2D eigenvalue weighted by molar-refractivity contribution is 5.70. The molecule has 0 saturated carbocycles. The average Bonchev–Trinajstić information content (AvgIpc) is 2.93. The molecule has 0 atom stereocenters. The third-order valence-electron chi connectivity index (χ3n) is 6.74. The Morgan fingerprint density at radius 1 is 0.571 bits per heavy atom. The number of ether oxygens (including phenoxy) is 2. The second-order valence-electron chi connectivity index (χ2n) is 8.98. The summed E-state index contributed by atoms with van der Waals surface area (Å²) in [5.74, 6) is 0. The first-order valence-electron chi connectivity index (χ1n) is 12.5. The minimum absolute atomic E-state index is 0.808. The zero-order valence-corrected chi connectivity index (χ0v) is 20.5. The molecule has 0 aliphatic carbocycles. The molecule has 0 radical (unpaired) electrons. The Balaban J connectivity index is 1.24. The van der Waals surface area contributed by atoms with Crippen LogP contribution in [-0.2, 0) is 16.5 Å². The summed E-state index contributed by atoms with van der Waals surface area (Å²) in [6.07, 6.45) is 8.71. The van der Waals surface area contributed by atoms with Crippen molar-refractivity contribution in [1.29, 1.82) is 0 Å². The standard InChI is InChI=1S/C30H34N3O2/c1-31-27(11-5-25-7-13-29(14-8-25)32-17-21-34-22-18-32)3-2-4-28(31)12-6-26-9-15-30(16-10-26)33-19-23-35-24-20-33/h2-16H,17-24H2,1H3/q+1. The van der Waals surface area contributed by atoms with E-state index in [-0.39, 0.29) is 0 Å². The number of hydrogen-bond acceptors (Lipinski definition) is 4. The van der Waals surface area contributed by atoms with E-state index in [2.05, 4.69) is 112 Å². The SMILES string of the molecule is C[n+]1c(/C=C/c2ccc(N3CCOCC3)cc2)cccc1/C=C/c1ccc(N2CCOCC2)cc1. The molecule has 0 N–H and O–H groups in total. The van der Waals surface area contributed by atoms with E-state index >= 15 is 0 Å². The molecule has 2 fully saturated rings. The molecule has 0 amide bonds. The zero-order chi connectivity index (χ0) is 23.9. The van der Waals surface area contributed by atoms with Crippen LogP contribution in [-0.4, -0.2) is 52.6 Å². The van der Waals surface area contributed by atoms with Crippen LogP contribution in [0.4, 0.5) is 11.4 Å². The van der Waals surface area contributed by atoms with Crippen LogP contribution in [0.3, 0.4) is 0 Å². The Hall–Kier alpha value is -3.41. The summed E-state index contributed by atoms with van der Waals surface area (Å²) in [6.45, 7) is 7.08. The van der Waals surface area contributed by atoms with Crippen LogP contribution in [0, 0.1) is 0 Å². The molecule has 2 aliphatic rings. The largest absolute Gasteiger partial charge is 0.378 e. The van der Waals surface area contributed by atoms with Crippen LogP contribution in [0.5, 0.6) is 0 Å². The highest BCUT2D eigenvalue weighted by atomic mass is 16.5. The van der Waals surface area contributed by atoms with Crippen LogP contribution < -0.4 is 14.4 Å². The van der Waals surface area contributed by atoms with Crippen LogP contribution in [0.2, 0.25) is 0 Å². The van der Waals surface area contributed by atoms with Gasteiger partial charge in [0.2, 0.25) is 11.4 Å². The van der Waals surface area contributed by atoms with Crippen molar-refractivity contribution in [3.05, 3.63) is 89.2 Å². The van der Waals surface area contributed by atoms with Gasteiger partial charge in [-0.2, -0.15) is 4.57 Å². The molecule has 0 unspecified atom stereocenters. The molecule has 0 bridgehead atoms. The Labute approximate surface area is 208 Å². The van der Waals surface area contributed by atoms with Gasteiger partial charge in [-0.1, -0.05) is 24.3 Å². The lowest BCUT2D eigenvalue weighted by Crippen LogP contribution is -2.36. The summed E-state index contributed by atoms with van der Waals surface area (Å²) < 4.78 is 13.1. The second kappa shape index (κ2) is 11.3. The fourth-order valence-corrected chi connectivity index (χ4v) is 4.55. The first-order valence-corrected chi connectivity index (χ1v) is 12.5.